The van der Waals surface area contributed by atoms with Crippen molar-refractivity contribution in [3.63, 3.8) is 0 Å². The number of hydrogen-bond donors (Lipinski definition) is 1. The van der Waals surface area contributed by atoms with E-state index in [9.17, 15) is 10.1 Å². The molecule has 100 valence electrons. The molecule has 2 rings (SSSR count). The molecule has 2 aromatic rings. The van der Waals surface area contributed by atoms with Crippen LogP contribution in [0.15, 0.2) is 22.7 Å². The number of benzene rings is 1. The number of nitrogens with two attached hydrogens (primary N) is 1. The molecule has 0 spiro atoms. The highest BCUT2D eigenvalue weighted by Crippen LogP contribution is 2.31. The van der Waals surface area contributed by atoms with Crippen molar-refractivity contribution in [2.45, 2.75) is 13.0 Å². The van der Waals surface area contributed by atoms with Gasteiger partial charge in [-0.1, -0.05) is 5.16 Å². The largest absolute Gasteiger partial charge is 0.490 e. The van der Waals surface area contributed by atoms with Crippen molar-refractivity contribution in [2.75, 3.05) is 7.11 Å². The highest BCUT2D eigenvalue weighted by Gasteiger charge is 2.18. The molecule has 1 atom stereocenters. The van der Waals surface area contributed by atoms with Crippen molar-refractivity contribution >= 4 is 5.69 Å². The lowest BCUT2D eigenvalue weighted by Crippen LogP contribution is -2.06. The maximum atomic E-state index is 10.8. The topological polar surface area (TPSA) is 117 Å². The Kier molecular flexibility index (Phi) is 3.43. The van der Waals surface area contributed by atoms with Crippen LogP contribution in [0.4, 0.5) is 5.69 Å². The molecule has 8 nitrogen and oxygen atoms in total. The van der Waals surface area contributed by atoms with E-state index in [1.807, 2.05) is 0 Å². The van der Waals surface area contributed by atoms with Crippen LogP contribution in [0, 0.1) is 10.1 Å². The number of aromatic nitrogens is 2. The average molecular weight is 264 g/mol. The molecule has 0 saturated carbocycles. The first-order valence-corrected chi connectivity index (χ1v) is 5.45. The van der Waals surface area contributed by atoms with E-state index in [0.29, 0.717) is 11.4 Å². The Morgan fingerprint density at radius 1 is 1.53 bits per heavy atom. The van der Waals surface area contributed by atoms with Crippen LogP contribution in [0.3, 0.4) is 0 Å². The van der Waals surface area contributed by atoms with Gasteiger partial charge in [0.1, 0.15) is 0 Å². The molecule has 1 heterocycles. The summed E-state index contributed by atoms with van der Waals surface area (Å²) in [5.41, 5.74) is 6.03. The smallest absolute Gasteiger partial charge is 0.310 e. The highest BCUT2D eigenvalue weighted by molar-refractivity contribution is 5.61. The Hall–Kier alpha value is -2.48. The summed E-state index contributed by atoms with van der Waals surface area (Å²) in [6.45, 7) is 1.73. The van der Waals surface area contributed by atoms with E-state index in [1.54, 1.807) is 6.92 Å². The molecule has 0 saturated heterocycles. The second-order valence-electron chi connectivity index (χ2n) is 3.89. The summed E-state index contributed by atoms with van der Waals surface area (Å²) in [7, 11) is 1.35. The molecule has 0 aliphatic carbocycles. The molecule has 0 aliphatic rings. The summed E-state index contributed by atoms with van der Waals surface area (Å²) in [4.78, 5) is 14.4. The maximum absolute atomic E-state index is 10.8. The molecule has 0 amide bonds. The van der Waals surface area contributed by atoms with E-state index >= 15 is 0 Å². The fourth-order valence-corrected chi connectivity index (χ4v) is 1.50. The average Bonchev–Trinajstić information content (AvgIpc) is 2.87. The SMILES string of the molecule is COc1cc(-c2nc(C(C)N)no2)ccc1[N+](=O)[O-]. The number of nitro benzene ring substituents is 1. The first-order valence-electron chi connectivity index (χ1n) is 5.45. The first kappa shape index (κ1) is 13.0. The summed E-state index contributed by atoms with van der Waals surface area (Å²) in [6.07, 6.45) is 0. The molecule has 0 aliphatic heterocycles. The Labute approximate surface area is 108 Å². The van der Waals surface area contributed by atoms with Gasteiger partial charge < -0.3 is 15.0 Å². The van der Waals surface area contributed by atoms with Gasteiger partial charge in [0.15, 0.2) is 11.6 Å². The summed E-state index contributed by atoms with van der Waals surface area (Å²) < 4.78 is 10.0. The molecule has 1 unspecified atom stereocenters. The van der Waals surface area contributed by atoms with Crippen LogP contribution in [0.25, 0.3) is 11.5 Å². The number of nitrogens with zero attached hydrogens (tertiary/aromatic N) is 3. The van der Waals surface area contributed by atoms with Crippen LogP contribution in [0.1, 0.15) is 18.8 Å². The normalized spacial score (nSPS) is 12.2. The molecule has 8 heteroatoms. The quantitative estimate of drug-likeness (QED) is 0.659. The van der Waals surface area contributed by atoms with Crippen molar-refractivity contribution in [1.82, 2.24) is 10.1 Å². The summed E-state index contributed by atoms with van der Waals surface area (Å²) in [6, 6.07) is 3.96. The Bertz CT molecular complexity index is 608. The van der Waals surface area contributed by atoms with E-state index in [-0.39, 0.29) is 23.4 Å². The van der Waals surface area contributed by atoms with Crippen LogP contribution in [0.5, 0.6) is 5.75 Å². The zero-order valence-corrected chi connectivity index (χ0v) is 10.4. The van der Waals surface area contributed by atoms with Crippen LogP contribution in [0.2, 0.25) is 0 Å². The molecular formula is C11H12N4O4. The predicted molar refractivity (Wildman–Crippen MR) is 65.5 cm³/mol. The Balaban J connectivity index is 2.42. The van der Waals surface area contributed by atoms with E-state index in [4.69, 9.17) is 15.0 Å². The standard InChI is InChI=1S/C11H12N4O4/c1-6(12)10-13-11(19-14-10)7-3-4-8(15(16)17)9(5-7)18-2/h3-6H,12H2,1-2H3. The maximum Gasteiger partial charge on any atom is 0.310 e. The second-order valence-corrected chi connectivity index (χ2v) is 3.89. The summed E-state index contributed by atoms with van der Waals surface area (Å²) >= 11 is 0. The summed E-state index contributed by atoms with van der Waals surface area (Å²) in [5, 5.41) is 14.5. The Morgan fingerprint density at radius 3 is 2.79 bits per heavy atom. The van der Waals surface area contributed by atoms with E-state index in [1.165, 1.54) is 25.3 Å². The minimum Gasteiger partial charge on any atom is -0.490 e. The van der Waals surface area contributed by atoms with E-state index < -0.39 is 4.92 Å². The van der Waals surface area contributed by atoms with Crippen LogP contribution < -0.4 is 10.5 Å². The van der Waals surface area contributed by atoms with Crippen LogP contribution >= 0.6 is 0 Å². The van der Waals surface area contributed by atoms with Crippen molar-refractivity contribution in [1.29, 1.82) is 0 Å². The first-order chi connectivity index (χ1) is 9.02. The van der Waals surface area contributed by atoms with Crippen molar-refractivity contribution < 1.29 is 14.2 Å². The van der Waals surface area contributed by atoms with Gasteiger partial charge in [0.2, 0.25) is 0 Å². The highest BCUT2D eigenvalue weighted by atomic mass is 16.6. The molecule has 19 heavy (non-hydrogen) atoms. The third kappa shape index (κ3) is 2.52. The minimum atomic E-state index is -0.524. The van der Waals surface area contributed by atoms with Crippen molar-refractivity contribution in [2.24, 2.45) is 5.73 Å². The molecule has 0 fully saturated rings. The zero-order valence-electron chi connectivity index (χ0n) is 10.4. The van der Waals surface area contributed by atoms with Crippen LogP contribution in [-0.4, -0.2) is 22.2 Å². The number of methoxy groups -OCH3 is 1. The molecular weight excluding hydrogens is 252 g/mol. The number of ether oxygens (including phenoxy) is 1. The third-order valence-corrected chi connectivity index (χ3v) is 2.47. The van der Waals surface area contributed by atoms with Gasteiger partial charge in [0.05, 0.1) is 18.1 Å². The van der Waals surface area contributed by atoms with Crippen molar-refractivity contribution in [3.8, 4) is 17.2 Å². The monoisotopic (exact) mass is 264 g/mol. The molecule has 1 aromatic heterocycles. The van der Waals surface area contributed by atoms with Gasteiger partial charge in [-0.3, -0.25) is 10.1 Å². The van der Waals surface area contributed by atoms with Gasteiger partial charge in [-0.2, -0.15) is 4.98 Å². The number of nitro groups is 1. The number of hydrogen-bond acceptors (Lipinski definition) is 7. The molecule has 0 bridgehead atoms. The van der Waals surface area contributed by atoms with Crippen molar-refractivity contribution in [3.05, 3.63) is 34.1 Å². The summed E-state index contributed by atoms with van der Waals surface area (Å²) in [5.74, 6) is 0.732. The fourth-order valence-electron chi connectivity index (χ4n) is 1.50. The van der Waals surface area contributed by atoms with E-state index in [2.05, 4.69) is 10.1 Å². The lowest BCUT2D eigenvalue weighted by Gasteiger charge is -2.02. The lowest BCUT2D eigenvalue weighted by atomic mass is 10.2. The van der Waals surface area contributed by atoms with Gasteiger partial charge in [-0.15, -0.1) is 0 Å². The fraction of sp³-hybridized carbons (Fsp3) is 0.273. The zero-order chi connectivity index (χ0) is 14.0. The second kappa shape index (κ2) is 5.02. The van der Waals surface area contributed by atoms with E-state index in [0.717, 1.165) is 0 Å². The van der Waals surface area contributed by atoms with Gasteiger partial charge >= 0.3 is 5.69 Å². The molecule has 1 aromatic carbocycles. The third-order valence-electron chi connectivity index (χ3n) is 2.47. The van der Waals surface area contributed by atoms with Gasteiger partial charge in [0.25, 0.3) is 5.89 Å². The minimum absolute atomic E-state index is 0.127. The molecule has 2 N–H and O–H groups in total. The molecule has 0 radical (unpaired) electrons. The van der Waals surface area contributed by atoms with Gasteiger partial charge in [0, 0.05) is 17.7 Å². The Morgan fingerprint density at radius 2 is 2.26 bits per heavy atom. The van der Waals surface area contributed by atoms with Gasteiger partial charge in [-0.05, 0) is 13.0 Å². The predicted octanol–water partition coefficient (Wildman–Crippen LogP) is 1.67. The number of rotatable bonds is 4. The van der Waals surface area contributed by atoms with Crippen LogP contribution in [-0.2, 0) is 0 Å². The lowest BCUT2D eigenvalue weighted by molar-refractivity contribution is -0.385. The van der Waals surface area contributed by atoms with Gasteiger partial charge in [-0.25, -0.2) is 0 Å².